The third kappa shape index (κ3) is 1.51. The van der Waals surface area contributed by atoms with E-state index >= 15 is 0 Å². The van der Waals surface area contributed by atoms with Gasteiger partial charge in [0.15, 0.2) is 0 Å². The molecule has 0 saturated carbocycles. The first-order valence-electron chi connectivity index (χ1n) is 4.69. The number of halogens is 1. The van der Waals surface area contributed by atoms with Gasteiger partial charge >= 0.3 is 0 Å². The molecule has 14 heavy (non-hydrogen) atoms. The van der Waals surface area contributed by atoms with Crippen molar-refractivity contribution in [3.8, 4) is 0 Å². The van der Waals surface area contributed by atoms with Crippen molar-refractivity contribution in [3.63, 3.8) is 0 Å². The maximum Gasteiger partial charge on any atom is 0.107 e. The highest BCUT2D eigenvalue weighted by Crippen LogP contribution is 2.17. The van der Waals surface area contributed by atoms with E-state index in [2.05, 4.69) is 0 Å². The third-order valence-corrected chi connectivity index (χ3v) is 2.40. The SMILES string of the molecule is NCc1ccc2ccn(CCF)c2c1. The Bertz CT molecular complexity index is 434. The smallest absolute Gasteiger partial charge is 0.107 e. The zero-order valence-corrected chi connectivity index (χ0v) is 7.91. The Morgan fingerprint density at radius 1 is 1.29 bits per heavy atom. The van der Waals surface area contributed by atoms with Crippen LogP contribution in [0.3, 0.4) is 0 Å². The number of nitrogens with zero attached hydrogens (tertiary/aromatic N) is 1. The van der Waals surface area contributed by atoms with Gasteiger partial charge in [0.1, 0.15) is 6.67 Å². The number of aryl methyl sites for hydroxylation is 1. The minimum atomic E-state index is -0.337. The first-order valence-corrected chi connectivity index (χ1v) is 4.69. The predicted molar refractivity (Wildman–Crippen MR) is 55.8 cm³/mol. The summed E-state index contributed by atoms with van der Waals surface area (Å²) in [5.74, 6) is 0. The Morgan fingerprint density at radius 2 is 2.14 bits per heavy atom. The fourth-order valence-electron chi connectivity index (χ4n) is 1.64. The van der Waals surface area contributed by atoms with Gasteiger partial charge in [-0.25, -0.2) is 4.39 Å². The second kappa shape index (κ2) is 3.80. The summed E-state index contributed by atoms with van der Waals surface area (Å²) in [6.45, 7) is 0.602. The van der Waals surface area contributed by atoms with Crippen molar-refractivity contribution in [3.05, 3.63) is 36.0 Å². The van der Waals surface area contributed by atoms with Crippen LogP contribution in [-0.4, -0.2) is 11.2 Å². The predicted octanol–water partition coefficient (Wildman–Crippen LogP) is 2.07. The van der Waals surface area contributed by atoms with E-state index in [0.717, 1.165) is 16.5 Å². The summed E-state index contributed by atoms with van der Waals surface area (Å²) in [6, 6.07) is 8.03. The summed E-state index contributed by atoms with van der Waals surface area (Å²) in [6.07, 6.45) is 1.91. The molecular formula is C11H13FN2. The summed E-state index contributed by atoms with van der Waals surface area (Å²) in [5.41, 5.74) is 7.69. The molecule has 1 aromatic carbocycles. The number of rotatable bonds is 3. The Morgan fingerprint density at radius 3 is 2.86 bits per heavy atom. The van der Waals surface area contributed by atoms with E-state index in [4.69, 9.17) is 5.73 Å². The highest BCUT2D eigenvalue weighted by Gasteiger charge is 2.01. The van der Waals surface area contributed by atoms with Gasteiger partial charge in [-0.05, 0) is 23.1 Å². The fraction of sp³-hybridized carbons (Fsp3) is 0.273. The number of aromatic nitrogens is 1. The number of nitrogens with two attached hydrogens (primary N) is 1. The highest BCUT2D eigenvalue weighted by molar-refractivity contribution is 5.80. The Hall–Kier alpha value is -1.35. The molecule has 0 bridgehead atoms. The molecule has 0 fully saturated rings. The van der Waals surface area contributed by atoms with Crippen LogP contribution in [0.4, 0.5) is 4.39 Å². The van der Waals surface area contributed by atoms with Crippen LogP contribution < -0.4 is 5.73 Å². The first kappa shape index (κ1) is 9.21. The van der Waals surface area contributed by atoms with E-state index in [1.807, 2.05) is 35.0 Å². The molecule has 0 aliphatic carbocycles. The average molecular weight is 192 g/mol. The Labute approximate surface area is 82.1 Å². The number of hydrogen-bond acceptors (Lipinski definition) is 1. The molecule has 2 nitrogen and oxygen atoms in total. The molecule has 2 aromatic rings. The van der Waals surface area contributed by atoms with Crippen LogP contribution in [0.5, 0.6) is 0 Å². The maximum atomic E-state index is 12.2. The maximum absolute atomic E-state index is 12.2. The van der Waals surface area contributed by atoms with Crippen LogP contribution >= 0.6 is 0 Å². The first-order chi connectivity index (χ1) is 6.85. The molecule has 0 spiro atoms. The molecule has 0 aliphatic rings. The number of benzene rings is 1. The van der Waals surface area contributed by atoms with E-state index in [9.17, 15) is 4.39 Å². The molecule has 1 heterocycles. The van der Waals surface area contributed by atoms with Crippen LogP contribution in [0, 0.1) is 0 Å². The van der Waals surface area contributed by atoms with Crippen molar-refractivity contribution in [2.75, 3.05) is 6.67 Å². The van der Waals surface area contributed by atoms with Crippen molar-refractivity contribution in [2.45, 2.75) is 13.1 Å². The Balaban J connectivity index is 2.52. The van der Waals surface area contributed by atoms with E-state index in [1.165, 1.54) is 0 Å². The molecule has 0 radical (unpaired) electrons. The summed E-state index contributed by atoms with van der Waals surface area (Å²) in [4.78, 5) is 0. The number of alkyl halides is 1. The van der Waals surface area contributed by atoms with Gasteiger partial charge in [-0.15, -0.1) is 0 Å². The van der Waals surface area contributed by atoms with Crippen molar-refractivity contribution in [1.82, 2.24) is 4.57 Å². The normalized spacial score (nSPS) is 11.0. The van der Waals surface area contributed by atoms with Crippen LogP contribution in [0.1, 0.15) is 5.56 Å². The van der Waals surface area contributed by atoms with E-state index in [0.29, 0.717) is 13.1 Å². The molecule has 3 heteroatoms. The largest absolute Gasteiger partial charge is 0.345 e. The topological polar surface area (TPSA) is 30.9 Å². The minimum Gasteiger partial charge on any atom is -0.345 e. The van der Waals surface area contributed by atoms with Gasteiger partial charge in [-0.1, -0.05) is 12.1 Å². The van der Waals surface area contributed by atoms with Crippen molar-refractivity contribution >= 4 is 10.9 Å². The van der Waals surface area contributed by atoms with Crippen LogP contribution in [0.2, 0.25) is 0 Å². The van der Waals surface area contributed by atoms with Crippen molar-refractivity contribution < 1.29 is 4.39 Å². The summed E-state index contributed by atoms with van der Waals surface area (Å²) >= 11 is 0. The van der Waals surface area contributed by atoms with Gasteiger partial charge in [0, 0.05) is 18.3 Å². The van der Waals surface area contributed by atoms with E-state index < -0.39 is 0 Å². The van der Waals surface area contributed by atoms with Gasteiger partial charge in [0.05, 0.1) is 6.54 Å². The molecule has 2 N–H and O–H groups in total. The third-order valence-electron chi connectivity index (χ3n) is 2.40. The standard InChI is InChI=1S/C11H13FN2/c12-4-6-14-5-3-10-2-1-9(8-13)7-11(10)14/h1-3,5,7H,4,6,8,13H2. The lowest BCUT2D eigenvalue weighted by atomic mass is 10.2. The lowest BCUT2D eigenvalue weighted by Crippen LogP contribution is -1.99. The zero-order valence-electron chi connectivity index (χ0n) is 7.91. The molecule has 0 atom stereocenters. The summed E-state index contributed by atoms with van der Waals surface area (Å²) in [5, 5.41) is 1.13. The van der Waals surface area contributed by atoms with Gasteiger partial charge in [0.25, 0.3) is 0 Å². The van der Waals surface area contributed by atoms with E-state index in [1.54, 1.807) is 0 Å². The van der Waals surface area contributed by atoms with Gasteiger partial charge in [0.2, 0.25) is 0 Å². The van der Waals surface area contributed by atoms with Gasteiger partial charge < -0.3 is 10.3 Å². The minimum absolute atomic E-state index is 0.337. The molecule has 74 valence electrons. The molecule has 0 aliphatic heterocycles. The molecular weight excluding hydrogens is 179 g/mol. The molecule has 0 amide bonds. The second-order valence-electron chi connectivity index (χ2n) is 3.30. The van der Waals surface area contributed by atoms with Gasteiger partial charge in [-0.2, -0.15) is 0 Å². The Kier molecular flexibility index (Phi) is 2.50. The van der Waals surface area contributed by atoms with Crippen molar-refractivity contribution in [2.24, 2.45) is 5.73 Å². The van der Waals surface area contributed by atoms with Crippen molar-refractivity contribution in [1.29, 1.82) is 0 Å². The van der Waals surface area contributed by atoms with Gasteiger partial charge in [-0.3, -0.25) is 0 Å². The van der Waals surface area contributed by atoms with Crippen LogP contribution in [-0.2, 0) is 13.1 Å². The molecule has 1 aromatic heterocycles. The lowest BCUT2D eigenvalue weighted by Gasteiger charge is -2.03. The fourth-order valence-corrected chi connectivity index (χ4v) is 1.64. The lowest BCUT2D eigenvalue weighted by molar-refractivity contribution is 0.451. The molecule has 0 saturated heterocycles. The van der Waals surface area contributed by atoms with Crippen LogP contribution in [0.25, 0.3) is 10.9 Å². The summed E-state index contributed by atoms with van der Waals surface area (Å²) in [7, 11) is 0. The molecule has 2 rings (SSSR count). The number of hydrogen-bond donors (Lipinski definition) is 1. The quantitative estimate of drug-likeness (QED) is 0.793. The summed E-state index contributed by atoms with van der Waals surface area (Å²) < 4.78 is 14.1. The second-order valence-corrected chi connectivity index (χ2v) is 3.30. The monoisotopic (exact) mass is 192 g/mol. The van der Waals surface area contributed by atoms with E-state index in [-0.39, 0.29) is 6.67 Å². The highest BCUT2D eigenvalue weighted by atomic mass is 19.1. The zero-order chi connectivity index (χ0) is 9.97. The number of fused-ring (bicyclic) bond motifs is 1. The average Bonchev–Trinajstić information content (AvgIpc) is 2.61. The van der Waals surface area contributed by atoms with Crippen LogP contribution in [0.15, 0.2) is 30.5 Å². The molecule has 0 unspecified atom stereocenters.